The van der Waals surface area contributed by atoms with Gasteiger partial charge in [0.05, 0.1) is 12.1 Å². The summed E-state index contributed by atoms with van der Waals surface area (Å²) in [6.45, 7) is 1.16. The Bertz CT molecular complexity index is 619. The smallest absolute Gasteiger partial charge is 0.328 e. The van der Waals surface area contributed by atoms with E-state index in [-0.39, 0.29) is 17.9 Å². The predicted molar refractivity (Wildman–Crippen MR) is 108 cm³/mol. The highest BCUT2D eigenvalue weighted by molar-refractivity contribution is 7.80. The molecular formula is C15H26N4O8S2. The van der Waals surface area contributed by atoms with Gasteiger partial charge in [-0.1, -0.05) is 0 Å². The molecule has 0 aromatic carbocycles. The molecule has 8 N–H and O–H groups in total. The largest absolute Gasteiger partial charge is 0.481 e. The van der Waals surface area contributed by atoms with Gasteiger partial charge in [-0.15, -0.1) is 0 Å². The van der Waals surface area contributed by atoms with E-state index in [0.717, 1.165) is 6.92 Å². The van der Waals surface area contributed by atoms with Crippen molar-refractivity contribution in [3.8, 4) is 0 Å². The van der Waals surface area contributed by atoms with Gasteiger partial charge in [0.2, 0.25) is 17.7 Å². The molecule has 29 heavy (non-hydrogen) atoms. The number of amides is 3. The van der Waals surface area contributed by atoms with Crippen LogP contribution >= 0.6 is 25.3 Å². The molecule has 0 radical (unpaired) electrons. The van der Waals surface area contributed by atoms with Crippen molar-refractivity contribution in [2.75, 3.05) is 11.5 Å². The quantitative estimate of drug-likeness (QED) is 0.129. The number of aliphatic hydroxyl groups is 1. The van der Waals surface area contributed by atoms with Crippen molar-refractivity contribution in [1.29, 1.82) is 0 Å². The number of carboxylic acid groups (broad SMARTS) is 2. The zero-order chi connectivity index (χ0) is 22.7. The maximum absolute atomic E-state index is 12.5. The van der Waals surface area contributed by atoms with Crippen molar-refractivity contribution < 1.29 is 39.3 Å². The van der Waals surface area contributed by atoms with E-state index >= 15 is 0 Å². The molecule has 0 bridgehead atoms. The van der Waals surface area contributed by atoms with Crippen molar-refractivity contribution in [2.45, 2.75) is 50.0 Å². The average Bonchev–Trinajstić information content (AvgIpc) is 2.65. The summed E-state index contributed by atoms with van der Waals surface area (Å²) in [6, 6.07) is -5.27. The van der Waals surface area contributed by atoms with Crippen molar-refractivity contribution in [1.82, 2.24) is 16.0 Å². The first-order valence-electron chi connectivity index (χ1n) is 8.45. The maximum atomic E-state index is 12.5. The molecule has 0 aliphatic rings. The first-order valence-corrected chi connectivity index (χ1v) is 9.72. The van der Waals surface area contributed by atoms with Crippen LogP contribution in [0.1, 0.15) is 19.8 Å². The lowest BCUT2D eigenvalue weighted by Gasteiger charge is -2.24. The minimum absolute atomic E-state index is 0.0172. The van der Waals surface area contributed by atoms with Crippen molar-refractivity contribution in [3.63, 3.8) is 0 Å². The molecule has 3 amide bonds. The summed E-state index contributed by atoms with van der Waals surface area (Å²) in [4.78, 5) is 58.5. The van der Waals surface area contributed by atoms with E-state index in [4.69, 9.17) is 15.9 Å². The van der Waals surface area contributed by atoms with Crippen LogP contribution in [-0.2, 0) is 24.0 Å². The second kappa shape index (κ2) is 13.2. The standard InChI is InChI=1S/C15H26N4O8S2/c1-6(20)11(15(26)27)19-14(25)9(5-29)18-13(24)8(2-3-10(21)22)17-12(23)7(16)4-28/h6-9,11,20,28-29H,2-5,16H2,1H3,(H,17,23)(H,18,24)(H,19,25)(H,21,22)(H,26,27). The SMILES string of the molecule is CC(O)C(NC(=O)C(CS)NC(=O)C(CCC(=O)O)NC(=O)C(N)CS)C(=O)O. The summed E-state index contributed by atoms with van der Waals surface area (Å²) in [6.07, 6.45) is -2.13. The Morgan fingerprint density at radius 2 is 1.41 bits per heavy atom. The average molecular weight is 455 g/mol. The lowest BCUT2D eigenvalue weighted by Crippen LogP contribution is -2.59. The van der Waals surface area contributed by atoms with E-state index in [2.05, 4.69) is 41.2 Å². The number of nitrogens with two attached hydrogens (primary N) is 1. The van der Waals surface area contributed by atoms with E-state index in [1.807, 2.05) is 0 Å². The van der Waals surface area contributed by atoms with Gasteiger partial charge < -0.3 is 37.0 Å². The van der Waals surface area contributed by atoms with E-state index in [1.165, 1.54) is 0 Å². The van der Waals surface area contributed by atoms with Gasteiger partial charge in [0.15, 0.2) is 6.04 Å². The van der Waals surface area contributed by atoms with Crippen LogP contribution in [0.25, 0.3) is 0 Å². The summed E-state index contributed by atoms with van der Waals surface area (Å²) in [7, 11) is 0. The molecule has 0 aromatic heterocycles. The Hall–Kier alpha value is -2.03. The molecule has 5 unspecified atom stereocenters. The number of carbonyl (C=O) groups excluding carboxylic acids is 3. The van der Waals surface area contributed by atoms with Crippen LogP contribution in [0, 0.1) is 0 Å². The molecular weight excluding hydrogens is 428 g/mol. The van der Waals surface area contributed by atoms with Gasteiger partial charge in [-0.3, -0.25) is 19.2 Å². The van der Waals surface area contributed by atoms with E-state index in [9.17, 15) is 29.1 Å². The number of carbonyl (C=O) groups is 5. The molecule has 0 rings (SSSR count). The lowest BCUT2D eigenvalue weighted by atomic mass is 10.1. The molecule has 14 heteroatoms. The second-order valence-electron chi connectivity index (χ2n) is 6.09. The number of rotatable bonds is 13. The lowest BCUT2D eigenvalue weighted by molar-refractivity contribution is -0.145. The van der Waals surface area contributed by atoms with Crippen LogP contribution in [0.15, 0.2) is 0 Å². The molecule has 5 atom stereocenters. The third kappa shape index (κ3) is 9.83. The fourth-order valence-electron chi connectivity index (χ4n) is 2.01. The van der Waals surface area contributed by atoms with Gasteiger partial charge in [-0.05, 0) is 13.3 Å². The zero-order valence-electron chi connectivity index (χ0n) is 15.6. The Balaban J connectivity index is 5.24. The van der Waals surface area contributed by atoms with Crippen LogP contribution in [0.2, 0.25) is 0 Å². The minimum Gasteiger partial charge on any atom is -0.481 e. The number of nitrogens with one attached hydrogen (secondary N) is 3. The minimum atomic E-state index is -1.61. The van der Waals surface area contributed by atoms with Crippen LogP contribution in [0.3, 0.4) is 0 Å². The molecule has 166 valence electrons. The molecule has 0 spiro atoms. The summed E-state index contributed by atoms with van der Waals surface area (Å²) in [5.41, 5.74) is 5.52. The Kier molecular flexibility index (Phi) is 12.3. The van der Waals surface area contributed by atoms with Gasteiger partial charge in [0.25, 0.3) is 0 Å². The molecule has 12 nitrogen and oxygen atoms in total. The monoisotopic (exact) mass is 454 g/mol. The van der Waals surface area contributed by atoms with E-state index in [0.29, 0.717) is 0 Å². The van der Waals surface area contributed by atoms with Crippen LogP contribution in [0.4, 0.5) is 0 Å². The van der Waals surface area contributed by atoms with Gasteiger partial charge in [0, 0.05) is 17.9 Å². The number of aliphatic hydroxyl groups excluding tert-OH is 1. The first-order chi connectivity index (χ1) is 13.4. The molecule has 0 heterocycles. The molecule has 0 aliphatic heterocycles. The Morgan fingerprint density at radius 3 is 1.83 bits per heavy atom. The third-order valence-electron chi connectivity index (χ3n) is 3.68. The van der Waals surface area contributed by atoms with E-state index in [1.54, 1.807) is 0 Å². The van der Waals surface area contributed by atoms with Gasteiger partial charge >= 0.3 is 11.9 Å². The second-order valence-corrected chi connectivity index (χ2v) is 6.82. The Morgan fingerprint density at radius 1 is 0.897 bits per heavy atom. The fraction of sp³-hybridized carbons (Fsp3) is 0.667. The zero-order valence-corrected chi connectivity index (χ0v) is 17.4. The maximum Gasteiger partial charge on any atom is 0.328 e. The summed E-state index contributed by atoms with van der Waals surface area (Å²) >= 11 is 7.79. The van der Waals surface area contributed by atoms with Gasteiger partial charge in [0.1, 0.15) is 12.1 Å². The number of hydrogen-bond acceptors (Lipinski definition) is 9. The molecule has 0 saturated heterocycles. The number of thiol groups is 2. The van der Waals surface area contributed by atoms with Crippen molar-refractivity contribution in [3.05, 3.63) is 0 Å². The number of carboxylic acids is 2. The third-order valence-corrected chi connectivity index (χ3v) is 4.43. The van der Waals surface area contributed by atoms with E-state index < -0.39 is 66.4 Å². The number of hydrogen-bond donors (Lipinski definition) is 9. The van der Waals surface area contributed by atoms with Gasteiger partial charge in [-0.25, -0.2) is 4.79 Å². The van der Waals surface area contributed by atoms with Crippen molar-refractivity contribution >= 4 is 54.9 Å². The van der Waals surface area contributed by atoms with Crippen LogP contribution in [0.5, 0.6) is 0 Å². The summed E-state index contributed by atoms with van der Waals surface area (Å²) in [5.74, 6) is -5.50. The van der Waals surface area contributed by atoms with Crippen LogP contribution < -0.4 is 21.7 Å². The number of aliphatic carboxylic acids is 2. The molecule has 0 saturated carbocycles. The molecule has 0 aromatic rings. The van der Waals surface area contributed by atoms with Crippen LogP contribution in [-0.4, -0.2) is 86.8 Å². The van der Waals surface area contributed by atoms with Gasteiger partial charge in [-0.2, -0.15) is 25.3 Å². The Labute approximate surface area is 177 Å². The highest BCUT2D eigenvalue weighted by atomic mass is 32.1. The summed E-state index contributed by atoms with van der Waals surface area (Å²) in [5, 5.41) is 33.9. The van der Waals surface area contributed by atoms with Crippen molar-refractivity contribution in [2.24, 2.45) is 5.73 Å². The predicted octanol–water partition coefficient (Wildman–Crippen LogP) is -3.04. The fourth-order valence-corrected chi connectivity index (χ4v) is 2.43. The topological polar surface area (TPSA) is 208 Å². The normalized spacial score (nSPS) is 15.9. The highest BCUT2D eigenvalue weighted by Gasteiger charge is 2.31. The molecule has 0 aliphatic carbocycles. The highest BCUT2D eigenvalue weighted by Crippen LogP contribution is 2.02. The molecule has 0 fully saturated rings. The first kappa shape index (κ1) is 27.0. The summed E-state index contributed by atoms with van der Waals surface area (Å²) < 4.78 is 0.